The van der Waals surface area contributed by atoms with Crippen LogP contribution >= 0.6 is 11.3 Å². The van der Waals surface area contributed by atoms with E-state index in [1.54, 1.807) is 11.3 Å². The first-order valence-electron chi connectivity index (χ1n) is 5.68. The number of hydrogen-bond donors (Lipinski definition) is 2. The van der Waals surface area contributed by atoms with Gasteiger partial charge in [-0.25, -0.2) is 4.98 Å². The molecule has 1 rings (SSSR count). The summed E-state index contributed by atoms with van der Waals surface area (Å²) in [5, 5.41) is 13.1. The first-order chi connectivity index (χ1) is 7.36. The van der Waals surface area contributed by atoms with Gasteiger partial charge in [-0.3, -0.25) is 0 Å². The van der Waals surface area contributed by atoms with E-state index in [0.29, 0.717) is 6.54 Å². The Hall–Kier alpha value is -0.450. The lowest BCUT2D eigenvalue weighted by Gasteiger charge is -2.16. The zero-order valence-corrected chi connectivity index (χ0v) is 11.6. The molecule has 0 radical (unpaired) electrons. The first-order valence-corrected chi connectivity index (χ1v) is 6.50. The van der Waals surface area contributed by atoms with Gasteiger partial charge in [-0.15, -0.1) is 11.3 Å². The lowest BCUT2D eigenvalue weighted by atomic mass is 9.93. The van der Waals surface area contributed by atoms with Crippen LogP contribution in [0.4, 0.5) is 0 Å². The molecule has 0 fully saturated rings. The van der Waals surface area contributed by atoms with Gasteiger partial charge >= 0.3 is 0 Å². The number of aryl methyl sites for hydroxylation is 1. The van der Waals surface area contributed by atoms with Gasteiger partial charge in [0.2, 0.25) is 0 Å². The average Bonchev–Trinajstić information content (AvgIpc) is 2.56. The van der Waals surface area contributed by atoms with Gasteiger partial charge in [-0.05, 0) is 19.3 Å². The van der Waals surface area contributed by atoms with E-state index in [-0.39, 0.29) is 18.1 Å². The molecule has 92 valence electrons. The van der Waals surface area contributed by atoms with Gasteiger partial charge in [-0.2, -0.15) is 0 Å². The summed E-state index contributed by atoms with van der Waals surface area (Å²) in [4.78, 5) is 5.95. The predicted octanol–water partition coefficient (Wildman–Crippen LogP) is 2.39. The van der Waals surface area contributed by atoms with Crippen molar-refractivity contribution in [2.24, 2.45) is 0 Å². The van der Waals surface area contributed by atoms with Crippen LogP contribution in [0.3, 0.4) is 0 Å². The molecule has 0 bridgehead atoms. The molecule has 1 heterocycles. The monoisotopic (exact) mass is 242 g/mol. The van der Waals surface area contributed by atoms with Crippen LogP contribution in [0.5, 0.6) is 0 Å². The second kappa shape index (κ2) is 5.25. The number of aliphatic hydroxyl groups excluding tert-OH is 1. The molecule has 0 aromatic carbocycles. The number of thiazole rings is 1. The molecule has 1 aromatic heterocycles. The van der Waals surface area contributed by atoms with Crippen molar-refractivity contribution in [1.29, 1.82) is 0 Å². The van der Waals surface area contributed by atoms with Crippen LogP contribution in [0.25, 0.3) is 0 Å². The summed E-state index contributed by atoms with van der Waals surface area (Å²) in [6.07, 6.45) is 0. The quantitative estimate of drug-likeness (QED) is 0.852. The molecule has 0 spiro atoms. The van der Waals surface area contributed by atoms with Gasteiger partial charge in [0.1, 0.15) is 5.01 Å². The van der Waals surface area contributed by atoms with Crippen molar-refractivity contribution in [3.8, 4) is 0 Å². The van der Waals surface area contributed by atoms with Gasteiger partial charge in [0.25, 0.3) is 0 Å². The van der Waals surface area contributed by atoms with Crippen molar-refractivity contribution in [3.05, 3.63) is 15.6 Å². The topological polar surface area (TPSA) is 45.2 Å². The Morgan fingerprint density at radius 3 is 2.50 bits per heavy atom. The number of aliphatic hydroxyl groups is 1. The van der Waals surface area contributed by atoms with Crippen LogP contribution in [-0.2, 0) is 5.41 Å². The second-order valence-electron chi connectivity index (χ2n) is 5.12. The molecule has 0 aliphatic rings. The zero-order valence-electron chi connectivity index (χ0n) is 10.8. The molecule has 3 nitrogen and oxygen atoms in total. The van der Waals surface area contributed by atoms with Crippen molar-refractivity contribution in [3.63, 3.8) is 0 Å². The number of aromatic nitrogens is 1. The van der Waals surface area contributed by atoms with Gasteiger partial charge < -0.3 is 10.4 Å². The van der Waals surface area contributed by atoms with Gasteiger partial charge in [0.15, 0.2) is 0 Å². The van der Waals surface area contributed by atoms with E-state index >= 15 is 0 Å². The summed E-state index contributed by atoms with van der Waals surface area (Å²) in [7, 11) is 0. The highest BCUT2D eigenvalue weighted by molar-refractivity contribution is 7.12. The summed E-state index contributed by atoms with van der Waals surface area (Å²) in [6.45, 7) is 11.6. The highest BCUT2D eigenvalue weighted by atomic mass is 32.1. The van der Waals surface area contributed by atoms with E-state index in [1.807, 2.05) is 0 Å². The van der Waals surface area contributed by atoms with Crippen LogP contribution < -0.4 is 5.32 Å². The Morgan fingerprint density at radius 1 is 1.44 bits per heavy atom. The van der Waals surface area contributed by atoms with Gasteiger partial charge in [0, 0.05) is 11.4 Å². The summed E-state index contributed by atoms with van der Waals surface area (Å²) in [5.41, 5.74) is 1.29. The highest BCUT2D eigenvalue weighted by Crippen LogP contribution is 2.33. The van der Waals surface area contributed by atoms with Crippen LogP contribution in [0.15, 0.2) is 0 Å². The fourth-order valence-corrected chi connectivity index (χ4v) is 2.82. The highest BCUT2D eigenvalue weighted by Gasteiger charge is 2.22. The largest absolute Gasteiger partial charge is 0.395 e. The van der Waals surface area contributed by atoms with Crippen LogP contribution in [0, 0.1) is 6.92 Å². The molecule has 1 atom stereocenters. The van der Waals surface area contributed by atoms with E-state index in [0.717, 1.165) is 10.7 Å². The normalized spacial score (nSPS) is 14.1. The summed E-state index contributed by atoms with van der Waals surface area (Å²) in [6, 6.07) is 0.215. The third-order valence-electron chi connectivity index (χ3n) is 2.43. The lowest BCUT2D eigenvalue weighted by Crippen LogP contribution is -2.21. The standard InChI is InChI=1S/C12H22N2OS/c1-8-10(12(3,4)5)16-11(14-8)9(2)13-6-7-15/h9,13,15H,6-7H2,1-5H3. The molecule has 0 aliphatic heterocycles. The minimum absolute atomic E-state index is 0.163. The smallest absolute Gasteiger partial charge is 0.110 e. The van der Waals surface area contributed by atoms with E-state index < -0.39 is 0 Å². The van der Waals surface area contributed by atoms with Crippen molar-refractivity contribution in [1.82, 2.24) is 10.3 Å². The van der Waals surface area contributed by atoms with E-state index in [1.165, 1.54) is 4.88 Å². The molecule has 1 unspecified atom stereocenters. The molecule has 16 heavy (non-hydrogen) atoms. The van der Waals surface area contributed by atoms with Crippen molar-refractivity contribution in [2.75, 3.05) is 13.2 Å². The van der Waals surface area contributed by atoms with E-state index in [9.17, 15) is 0 Å². The zero-order chi connectivity index (χ0) is 12.3. The number of nitrogens with one attached hydrogen (secondary N) is 1. The molecular formula is C12H22N2OS. The van der Waals surface area contributed by atoms with Crippen LogP contribution in [0.2, 0.25) is 0 Å². The third kappa shape index (κ3) is 3.27. The summed E-state index contributed by atoms with van der Waals surface area (Å²) in [5.74, 6) is 0. The maximum Gasteiger partial charge on any atom is 0.110 e. The molecule has 1 aromatic rings. The minimum atomic E-state index is 0.163. The maximum absolute atomic E-state index is 8.77. The summed E-state index contributed by atoms with van der Waals surface area (Å²) >= 11 is 1.77. The molecule has 0 saturated heterocycles. The predicted molar refractivity (Wildman–Crippen MR) is 69.1 cm³/mol. The first kappa shape index (κ1) is 13.6. The lowest BCUT2D eigenvalue weighted by molar-refractivity contribution is 0.286. The van der Waals surface area contributed by atoms with E-state index in [2.05, 4.69) is 44.9 Å². The van der Waals surface area contributed by atoms with Crippen LogP contribution in [-0.4, -0.2) is 23.2 Å². The maximum atomic E-state index is 8.77. The molecule has 2 N–H and O–H groups in total. The van der Waals surface area contributed by atoms with E-state index in [4.69, 9.17) is 5.11 Å². The van der Waals surface area contributed by atoms with Crippen molar-refractivity contribution < 1.29 is 5.11 Å². The third-order valence-corrected chi connectivity index (χ3v) is 4.19. The molecular weight excluding hydrogens is 220 g/mol. The SMILES string of the molecule is Cc1nc(C(C)NCCO)sc1C(C)(C)C. The number of rotatable bonds is 4. The Balaban J connectivity index is 2.84. The molecule has 0 amide bonds. The minimum Gasteiger partial charge on any atom is -0.395 e. The fourth-order valence-electron chi connectivity index (χ4n) is 1.67. The molecule has 0 saturated carbocycles. The number of hydrogen-bond acceptors (Lipinski definition) is 4. The Labute approximate surface area is 102 Å². The number of nitrogens with zero attached hydrogens (tertiary/aromatic N) is 1. The molecule has 4 heteroatoms. The Kier molecular flexibility index (Phi) is 4.47. The van der Waals surface area contributed by atoms with Crippen molar-refractivity contribution >= 4 is 11.3 Å². The fraction of sp³-hybridized carbons (Fsp3) is 0.750. The second-order valence-corrected chi connectivity index (χ2v) is 6.15. The average molecular weight is 242 g/mol. The van der Waals surface area contributed by atoms with Gasteiger partial charge in [-0.1, -0.05) is 20.8 Å². The Bertz CT molecular complexity index is 341. The molecule has 0 aliphatic carbocycles. The van der Waals surface area contributed by atoms with Crippen molar-refractivity contribution in [2.45, 2.75) is 46.1 Å². The van der Waals surface area contributed by atoms with Crippen LogP contribution in [0.1, 0.15) is 49.3 Å². The Morgan fingerprint density at radius 2 is 2.06 bits per heavy atom. The summed E-state index contributed by atoms with van der Waals surface area (Å²) < 4.78 is 0. The van der Waals surface area contributed by atoms with Gasteiger partial charge in [0.05, 0.1) is 18.3 Å².